The molecule has 0 radical (unpaired) electrons. The minimum absolute atomic E-state index is 0. The second-order valence-electron chi connectivity index (χ2n) is 20.3. The van der Waals surface area contributed by atoms with Gasteiger partial charge in [-0.1, -0.05) is 26.3 Å². The summed E-state index contributed by atoms with van der Waals surface area (Å²) in [5.74, 6) is -0.356. The molecule has 0 amide bonds. The Bertz CT molecular complexity index is 1300. The third kappa shape index (κ3) is 26.5. The highest BCUT2D eigenvalue weighted by Gasteiger charge is 2.51. The maximum atomic E-state index is 11.7. The molecule has 0 saturated carbocycles. The third-order valence-electron chi connectivity index (χ3n) is 7.61. The second-order valence-corrected chi connectivity index (χ2v) is 61.7. The van der Waals surface area contributed by atoms with Gasteiger partial charge in [-0.25, -0.2) is 4.79 Å². The smallest absolute Gasteiger partial charge is 0.333 e. The summed E-state index contributed by atoms with van der Waals surface area (Å²) in [5, 5.41) is 0. The molecular weight excluding hydrogens is 897 g/mol. The van der Waals surface area contributed by atoms with E-state index in [1.807, 2.05) is 0 Å². The Labute approximate surface area is 363 Å². The average molecular weight is 995 g/mol. The molecule has 0 aromatic rings. The first-order valence-corrected chi connectivity index (χ1v) is 51.9. The van der Waals surface area contributed by atoms with E-state index in [-0.39, 0.29) is 7.40 Å². The van der Waals surface area contributed by atoms with Gasteiger partial charge in [0.2, 0.25) is 0 Å². The van der Waals surface area contributed by atoms with Crippen molar-refractivity contribution in [1.29, 1.82) is 0 Å². The van der Waals surface area contributed by atoms with Gasteiger partial charge < -0.3 is 45.9 Å². The normalized spacial score (nSPS) is 15.3. The molecule has 12 nitrogen and oxygen atoms in total. The molecule has 0 aliphatic rings. The minimum atomic E-state index is -2.74. The van der Waals surface area contributed by atoms with Gasteiger partial charge in [0.25, 0.3) is 0 Å². The highest BCUT2D eigenvalue weighted by molar-refractivity contribution is 6.93. The van der Waals surface area contributed by atoms with Crippen molar-refractivity contribution in [3.05, 3.63) is 12.2 Å². The fourth-order valence-corrected chi connectivity index (χ4v) is 64.2. The van der Waals surface area contributed by atoms with E-state index in [1.54, 1.807) is 6.92 Å². The van der Waals surface area contributed by atoms with Crippen molar-refractivity contribution in [2.45, 2.75) is 189 Å². The molecule has 0 heterocycles. The lowest BCUT2D eigenvalue weighted by Gasteiger charge is -2.45. The summed E-state index contributed by atoms with van der Waals surface area (Å²) in [6.07, 6.45) is 3.09. The average Bonchev–Trinajstić information content (AvgIpc) is 2.93. The van der Waals surface area contributed by atoms with Crippen LogP contribution in [0.15, 0.2) is 12.2 Å². The molecule has 340 valence electrons. The van der Waals surface area contributed by atoms with Gasteiger partial charge in [-0.2, -0.15) is 0 Å². The van der Waals surface area contributed by atoms with E-state index in [0.29, 0.717) is 12.2 Å². The van der Waals surface area contributed by atoms with E-state index in [4.69, 9.17) is 51.8 Å². The lowest BCUT2D eigenvalue weighted by Crippen LogP contribution is -2.62. The Morgan fingerprint density at radius 3 is 0.857 bits per heavy atom. The van der Waals surface area contributed by atoms with Crippen molar-refractivity contribution >= 4 is 99.7 Å². The van der Waals surface area contributed by atoms with Gasteiger partial charge in [0.15, 0.2) is 16.6 Å². The van der Waals surface area contributed by atoms with Gasteiger partial charge in [-0.15, -0.1) is 0 Å². The van der Waals surface area contributed by atoms with Crippen molar-refractivity contribution in [3.8, 4) is 0 Å². The molecule has 0 unspecified atom stereocenters. The highest BCUT2D eigenvalue weighted by atomic mass is 28.5. The summed E-state index contributed by atoms with van der Waals surface area (Å²) >= 11 is 0. The van der Waals surface area contributed by atoms with Crippen LogP contribution in [0.2, 0.25) is 156 Å². The summed E-state index contributed by atoms with van der Waals surface area (Å²) in [5.41, 5.74) is 0.407. The largest absolute Gasteiger partial charge is 0.462 e. The number of unbranched alkanes of at least 4 members (excludes halogenated alkanes) is 1. The summed E-state index contributed by atoms with van der Waals surface area (Å²) in [7, 11) is -27.8. The van der Waals surface area contributed by atoms with Crippen molar-refractivity contribution in [2.24, 2.45) is 0 Å². The zero-order chi connectivity index (χ0) is 48.7. The minimum Gasteiger partial charge on any atom is -0.462 e. The molecule has 0 rings (SSSR count). The number of hydrogen-bond donors (Lipinski definition) is 0. The molecule has 56 heavy (non-hydrogen) atoms. The number of carbonyl (C=O) groups excluding carboxylic acids is 1. The number of ether oxygens (including phenoxy) is 1. The molecule has 0 fully saturated rings. The zero-order valence-electron chi connectivity index (χ0n) is 44.3. The fourth-order valence-electron chi connectivity index (χ4n) is 7.74. The molecule has 0 spiro atoms. The Balaban J connectivity index is -0.00000314. The van der Waals surface area contributed by atoms with Crippen LogP contribution in [0.3, 0.4) is 0 Å². The lowest BCUT2D eigenvalue weighted by atomic mass is 10.4. The molecule has 0 aromatic heterocycles. The predicted molar refractivity (Wildman–Crippen MR) is 264 cm³/mol. The van der Waals surface area contributed by atoms with Gasteiger partial charge in [0.1, 0.15) is 0 Å². The van der Waals surface area contributed by atoms with E-state index in [0.717, 1.165) is 18.5 Å². The molecule has 0 saturated heterocycles. The van der Waals surface area contributed by atoms with Gasteiger partial charge in [-0.3, -0.25) is 0 Å². The molecular formula is C33H92O12Si11. The number of esters is 1. The quantitative estimate of drug-likeness (QED) is 0.0321. The Kier molecular flexibility index (Phi) is 20.0. The van der Waals surface area contributed by atoms with E-state index in [9.17, 15) is 4.79 Å². The summed E-state index contributed by atoms with van der Waals surface area (Å²) in [4.78, 5) is 11.7. The summed E-state index contributed by atoms with van der Waals surface area (Å²) < 4.78 is 93.2. The van der Waals surface area contributed by atoms with Crippen molar-refractivity contribution in [2.75, 3.05) is 6.61 Å². The molecule has 23 heteroatoms. The predicted octanol–water partition coefficient (Wildman–Crippen LogP) is 11.9. The van der Waals surface area contributed by atoms with Crippen LogP contribution < -0.4 is 0 Å². The fraction of sp³-hybridized carbons (Fsp3) is 0.909. The number of carbonyl (C=O) groups is 1. The van der Waals surface area contributed by atoms with Gasteiger partial charge in [0.05, 0.1) is 6.61 Å². The van der Waals surface area contributed by atoms with Crippen LogP contribution in [0.25, 0.3) is 0 Å². The Morgan fingerprint density at radius 1 is 0.429 bits per heavy atom. The van der Waals surface area contributed by atoms with Crippen molar-refractivity contribution in [3.63, 3.8) is 0 Å². The first kappa shape index (κ1) is 53.3. The molecule has 0 bridgehead atoms. The van der Waals surface area contributed by atoms with Crippen molar-refractivity contribution in [1.82, 2.24) is 0 Å². The first-order chi connectivity index (χ1) is 26.5. The molecule has 0 aliphatic heterocycles. The third-order valence-corrected chi connectivity index (χ3v) is 50.5. The van der Waals surface area contributed by atoms with Crippen LogP contribution in [0.4, 0.5) is 0 Å². The highest BCUT2D eigenvalue weighted by Crippen LogP contribution is 2.32. The monoisotopic (exact) mass is 993 g/mol. The Hall–Kier alpha value is 1.20. The van der Waals surface area contributed by atoms with E-state index in [1.165, 1.54) is 12.8 Å². The van der Waals surface area contributed by atoms with E-state index >= 15 is 0 Å². The molecule has 0 aliphatic carbocycles. The standard InChI is InChI=1S/C33H86O12Si11.3H2/c1-26-27-30-46(4,5)36-48(8,9)38-50(12,13)40-52(16,17)42-54(20,21)44-56(24,25)45-55(22,23)43-53(18,19)41-51(14,15)39-49(10,11)37-47(6,7)31-28-29-35-33(34)32(2)3;;;/h2,26-31H2,1,3-25H3;3*1H/i;2*1+1D;1+1. The molecule has 0 N–H and O–H groups in total. The number of rotatable bonds is 28. The van der Waals surface area contributed by atoms with Crippen LogP contribution in [0, 0.1) is 0 Å². The van der Waals surface area contributed by atoms with Crippen LogP contribution in [-0.2, 0) is 50.7 Å². The molecule has 0 atom stereocenters. The topological polar surface area (TPSA) is 119 Å². The van der Waals surface area contributed by atoms with E-state index < -0.39 is 93.7 Å². The lowest BCUT2D eigenvalue weighted by molar-refractivity contribution is -0.138. The number of hydrogen-bond acceptors (Lipinski definition) is 12. The van der Waals surface area contributed by atoms with Crippen molar-refractivity contribution < 1.29 is 58.0 Å². The maximum absolute atomic E-state index is 11.7. The second kappa shape index (κ2) is 21.0. The van der Waals surface area contributed by atoms with Crippen LogP contribution in [0.5, 0.6) is 0 Å². The summed E-state index contributed by atoms with van der Waals surface area (Å²) in [6, 6.07) is 1.98. The van der Waals surface area contributed by atoms with Crippen LogP contribution in [-0.4, -0.2) is 106 Å². The maximum Gasteiger partial charge on any atom is 0.333 e. The Morgan fingerprint density at radius 2 is 0.643 bits per heavy atom. The van der Waals surface area contributed by atoms with Crippen LogP contribution >= 0.6 is 0 Å². The van der Waals surface area contributed by atoms with E-state index in [2.05, 4.69) is 158 Å². The van der Waals surface area contributed by atoms with Crippen LogP contribution in [0.1, 0.15) is 40.5 Å². The van der Waals surface area contributed by atoms with Gasteiger partial charge >= 0.3 is 83.0 Å². The van der Waals surface area contributed by atoms with Gasteiger partial charge in [0, 0.05) is 12.9 Å². The zero-order valence-corrected chi connectivity index (χ0v) is 51.3. The van der Waals surface area contributed by atoms with Gasteiger partial charge in [-0.05, 0) is 169 Å². The SMILES string of the molecule is C=C(C)C(=O)OCCC[Si](C)(C)O[Si](C)(C)O[Si](C)(C)O[Si](C)(C)O[Si](C)(C)O[Si](C)(C)O[Si](C)(C)O[Si](C)(C)O[Si](C)(C)O[Si](C)(C)O[Si](C)(C)CCCC.[2HH].[2H][2H].[2H][2H]. The first-order valence-electron chi connectivity index (χ1n) is 22.3. The molecule has 0 aromatic carbocycles. The summed E-state index contributed by atoms with van der Waals surface area (Å²) in [6.45, 7) is 54.3.